The average Bonchev–Trinajstić information content (AvgIpc) is 3.18. The first kappa shape index (κ1) is 13.3. The molecular weight excluding hydrogens is 227 g/mol. The van der Waals surface area contributed by atoms with Crippen molar-refractivity contribution >= 4 is 5.69 Å². The van der Waals surface area contributed by atoms with Crippen LogP contribution in [0.4, 0.5) is 10.1 Å². The Morgan fingerprint density at radius 3 is 2.72 bits per heavy atom. The van der Waals surface area contributed by atoms with Gasteiger partial charge < -0.3 is 10.2 Å². The van der Waals surface area contributed by atoms with Crippen molar-refractivity contribution in [1.29, 1.82) is 0 Å². The molecule has 1 fully saturated rings. The molecule has 0 saturated heterocycles. The minimum atomic E-state index is -0.0947. The Morgan fingerprint density at radius 1 is 1.33 bits per heavy atom. The number of benzene rings is 1. The van der Waals surface area contributed by atoms with Gasteiger partial charge in [-0.3, -0.25) is 0 Å². The third-order valence-corrected chi connectivity index (χ3v) is 3.54. The first-order chi connectivity index (χ1) is 8.76. The molecule has 1 N–H and O–H groups in total. The summed E-state index contributed by atoms with van der Waals surface area (Å²) in [4.78, 5) is 2.31. The molecule has 0 amide bonds. The Bertz CT molecular complexity index is 388. The second kappa shape index (κ2) is 6.19. The zero-order valence-electron chi connectivity index (χ0n) is 11.4. The van der Waals surface area contributed by atoms with E-state index >= 15 is 0 Å². The number of anilines is 1. The van der Waals surface area contributed by atoms with E-state index in [2.05, 4.69) is 17.1 Å². The van der Waals surface area contributed by atoms with Crippen LogP contribution in [0.5, 0.6) is 0 Å². The Morgan fingerprint density at radius 2 is 2.11 bits per heavy atom. The highest BCUT2D eigenvalue weighted by Gasteiger charge is 2.25. The SMILES string of the molecule is CCNCc1c(F)cccc1N(CC)CC1CC1. The summed E-state index contributed by atoms with van der Waals surface area (Å²) in [7, 11) is 0. The van der Waals surface area contributed by atoms with E-state index in [1.807, 2.05) is 19.1 Å². The van der Waals surface area contributed by atoms with Gasteiger partial charge in [-0.15, -0.1) is 0 Å². The summed E-state index contributed by atoms with van der Waals surface area (Å²) < 4.78 is 14.0. The summed E-state index contributed by atoms with van der Waals surface area (Å²) >= 11 is 0. The predicted octanol–water partition coefficient (Wildman–Crippen LogP) is 3.17. The first-order valence-corrected chi connectivity index (χ1v) is 6.99. The van der Waals surface area contributed by atoms with Crippen LogP contribution in [0.15, 0.2) is 18.2 Å². The van der Waals surface area contributed by atoms with Gasteiger partial charge in [0.2, 0.25) is 0 Å². The number of hydrogen-bond acceptors (Lipinski definition) is 2. The molecule has 0 aliphatic heterocycles. The van der Waals surface area contributed by atoms with Gasteiger partial charge in [-0.1, -0.05) is 13.0 Å². The molecule has 100 valence electrons. The third kappa shape index (κ3) is 3.22. The van der Waals surface area contributed by atoms with Crippen LogP contribution in [-0.2, 0) is 6.54 Å². The first-order valence-electron chi connectivity index (χ1n) is 6.99. The van der Waals surface area contributed by atoms with E-state index in [1.54, 1.807) is 6.07 Å². The highest BCUT2D eigenvalue weighted by atomic mass is 19.1. The fourth-order valence-corrected chi connectivity index (χ4v) is 2.28. The van der Waals surface area contributed by atoms with E-state index in [9.17, 15) is 4.39 Å². The summed E-state index contributed by atoms with van der Waals surface area (Å²) in [5.74, 6) is 0.725. The average molecular weight is 250 g/mol. The molecule has 2 rings (SSSR count). The minimum absolute atomic E-state index is 0.0947. The molecule has 0 bridgehead atoms. The Hall–Kier alpha value is -1.09. The number of nitrogens with one attached hydrogen (secondary N) is 1. The maximum absolute atomic E-state index is 14.0. The molecule has 0 atom stereocenters. The molecule has 1 aliphatic rings. The lowest BCUT2D eigenvalue weighted by Crippen LogP contribution is -2.27. The van der Waals surface area contributed by atoms with Gasteiger partial charge in [-0.25, -0.2) is 4.39 Å². The minimum Gasteiger partial charge on any atom is -0.371 e. The molecule has 3 heteroatoms. The summed E-state index contributed by atoms with van der Waals surface area (Å²) in [6, 6.07) is 5.42. The van der Waals surface area contributed by atoms with Crippen LogP contribution in [0.1, 0.15) is 32.3 Å². The predicted molar refractivity (Wildman–Crippen MR) is 74.4 cm³/mol. The van der Waals surface area contributed by atoms with Crippen molar-refractivity contribution < 1.29 is 4.39 Å². The third-order valence-electron chi connectivity index (χ3n) is 3.54. The smallest absolute Gasteiger partial charge is 0.129 e. The van der Waals surface area contributed by atoms with Crippen LogP contribution in [0, 0.1) is 11.7 Å². The van der Waals surface area contributed by atoms with Crippen molar-refractivity contribution in [2.24, 2.45) is 5.92 Å². The summed E-state index contributed by atoms with van der Waals surface area (Å²) in [6.45, 7) is 7.67. The molecule has 0 aromatic heterocycles. The molecule has 1 saturated carbocycles. The summed E-state index contributed by atoms with van der Waals surface area (Å²) in [6.07, 6.45) is 2.66. The van der Waals surface area contributed by atoms with E-state index in [4.69, 9.17) is 0 Å². The van der Waals surface area contributed by atoms with Gasteiger partial charge >= 0.3 is 0 Å². The van der Waals surface area contributed by atoms with Gasteiger partial charge in [-0.05, 0) is 44.4 Å². The molecule has 2 nitrogen and oxygen atoms in total. The van der Waals surface area contributed by atoms with Crippen LogP contribution in [0.2, 0.25) is 0 Å². The maximum Gasteiger partial charge on any atom is 0.129 e. The van der Waals surface area contributed by atoms with E-state index in [0.717, 1.165) is 36.8 Å². The second-order valence-electron chi connectivity index (χ2n) is 5.00. The standard InChI is InChI=1S/C15H23FN2/c1-3-17-10-13-14(16)6-5-7-15(13)18(4-2)11-12-8-9-12/h5-7,12,17H,3-4,8-11H2,1-2H3. The lowest BCUT2D eigenvalue weighted by molar-refractivity contribution is 0.590. The van der Waals surface area contributed by atoms with Crippen molar-refractivity contribution in [1.82, 2.24) is 5.32 Å². The lowest BCUT2D eigenvalue weighted by Gasteiger charge is -2.26. The van der Waals surface area contributed by atoms with Gasteiger partial charge in [-0.2, -0.15) is 0 Å². The Labute approximate surface area is 109 Å². The molecule has 1 aliphatic carbocycles. The Balaban J connectivity index is 2.19. The van der Waals surface area contributed by atoms with Crippen LogP contribution >= 0.6 is 0 Å². The van der Waals surface area contributed by atoms with Crippen molar-refractivity contribution in [3.8, 4) is 0 Å². The van der Waals surface area contributed by atoms with Crippen molar-refractivity contribution in [2.75, 3.05) is 24.5 Å². The number of hydrogen-bond donors (Lipinski definition) is 1. The zero-order chi connectivity index (χ0) is 13.0. The Kier molecular flexibility index (Phi) is 4.59. The molecular formula is C15H23FN2. The van der Waals surface area contributed by atoms with E-state index < -0.39 is 0 Å². The van der Waals surface area contributed by atoms with Crippen LogP contribution in [0.3, 0.4) is 0 Å². The molecule has 0 radical (unpaired) electrons. The number of rotatable bonds is 7. The lowest BCUT2D eigenvalue weighted by atomic mass is 10.1. The quantitative estimate of drug-likeness (QED) is 0.799. The molecule has 0 spiro atoms. The zero-order valence-corrected chi connectivity index (χ0v) is 11.4. The fraction of sp³-hybridized carbons (Fsp3) is 0.600. The molecule has 0 unspecified atom stereocenters. The van der Waals surface area contributed by atoms with Crippen LogP contribution < -0.4 is 10.2 Å². The summed E-state index contributed by atoms with van der Waals surface area (Å²) in [5, 5.41) is 3.23. The number of nitrogens with zero attached hydrogens (tertiary/aromatic N) is 1. The van der Waals surface area contributed by atoms with Crippen LogP contribution in [-0.4, -0.2) is 19.6 Å². The summed E-state index contributed by atoms with van der Waals surface area (Å²) in [5.41, 5.74) is 1.87. The highest BCUT2D eigenvalue weighted by molar-refractivity contribution is 5.54. The number of halogens is 1. The van der Waals surface area contributed by atoms with E-state index in [0.29, 0.717) is 6.54 Å². The maximum atomic E-state index is 14.0. The molecule has 1 aromatic carbocycles. The van der Waals surface area contributed by atoms with E-state index in [-0.39, 0.29) is 5.82 Å². The van der Waals surface area contributed by atoms with Gasteiger partial charge in [0.15, 0.2) is 0 Å². The van der Waals surface area contributed by atoms with E-state index in [1.165, 1.54) is 12.8 Å². The fourth-order valence-electron chi connectivity index (χ4n) is 2.28. The van der Waals surface area contributed by atoms with Crippen molar-refractivity contribution in [2.45, 2.75) is 33.2 Å². The largest absolute Gasteiger partial charge is 0.371 e. The van der Waals surface area contributed by atoms with Gasteiger partial charge in [0.1, 0.15) is 5.82 Å². The van der Waals surface area contributed by atoms with Crippen molar-refractivity contribution in [3.05, 3.63) is 29.6 Å². The highest BCUT2D eigenvalue weighted by Crippen LogP contribution is 2.32. The monoisotopic (exact) mass is 250 g/mol. The van der Waals surface area contributed by atoms with Gasteiger partial charge in [0.05, 0.1) is 0 Å². The molecule has 0 heterocycles. The van der Waals surface area contributed by atoms with Crippen molar-refractivity contribution in [3.63, 3.8) is 0 Å². The van der Waals surface area contributed by atoms with Gasteiger partial charge in [0.25, 0.3) is 0 Å². The molecule has 18 heavy (non-hydrogen) atoms. The second-order valence-corrected chi connectivity index (χ2v) is 5.00. The van der Waals surface area contributed by atoms with Gasteiger partial charge in [0, 0.05) is 30.9 Å². The molecule has 1 aromatic rings. The van der Waals surface area contributed by atoms with Crippen LogP contribution in [0.25, 0.3) is 0 Å². The normalized spacial score (nSPS) is 14.8. The topological polar surface area (TPSA) is 15.3 Å².